The number of aryl methyl sites for hydroxylation is 1. The van der Waals surface area contributed by atoms with Gasteiger partial charge in [0.05, 0.1) is 18.4 Å². The zero-order valence-corrected chi connectivity index (χ0v) is 17.1. The molecule has 0 radical (unpaired) electrons. The monoisotopic (exact) mass is 360 g/mol. The Labute approximate surface area is 163 Å². The average molecular weight is 361 g/mol. The molecular weight excluding hydrogens is 330 g/mol. The highest BCUT2D eigenvalue weighted by Crippen LogP contribution is 2.35. The van der Waals surface area contributed by atoms with E-state index in [9.17, 15) is 0 Å². The Morgan fingerprint density at radius 1 is 0.926 bits per heavy atom. The van der Waals surface area contributed by atoms with Gasteiger partial charge in [-0.15, -0.1) is 0 Å². The number of aliphatic imine (C=N–C) groups is 1. The van der Waals surface area contributed by atoms with E-state index in [1.54, 1.807) is 0 Å². The van der Waals surface area contributed by atoms with Gasteiger partial charge in [0.1, 0.15) is 18.9 Å². The zero-order valence-electron chi connectivity index (χ0n) is 17.1. The maximum atomic E-state index is 5.26. The Morgan fingerprint density at radius 3 is 2.07 bits per heavy atom. The van der Waals surface area contributed by atoms with Crippen LogP contribution in [0.3, 0.4) is 0 Å². The first-order chi connectivity index (χ1) is 13.0. The summed E-state index contributed by atoms with van der Waals surface area (Å²) < 4.78 is 4.24. The van der Waals surface area contributed by atoms with Crippen LogP contribution in [0.2, 0.25) is 0 Å². The molecule has 3 aromatic rings. The van der Waals surface area contributed by atoms with E-state index < -0.39 is 0 Å². The third-order valence-corrected chi connectivity index (χ3v) is 4.85. The first-order valence-electron chi connectivity index (χ1n) is 9.72. The van der Waals surface area contributed by atoms with Crippen LogP contribution < -0.4 is 4.57 Å². The summed E-state index contributed by atoms with van der Waals surface area (Å²) in [7, 11) is 2.04. The van der Waals surface area contributed by atoms with Crippen molar-refractivity contribution in [3.8, 4) is 0 Å². The molecule has 0 aliphatic carbocycles. The van der Waals surface area contributed by atoms with Crippen molar-refractivity contribution in [2.24, 2.45) is 12.0 Å². The molecule has 1 aromatic heterocycles. The van der Waals surface area contributed by atoms with Gasteiger partial charge in [-0.2, -0.15) is 0 Å². The molecule has 27 heavy (non-hydrogen) atoms. The third-order valence-electron chi connectivity index (χ3n) is 4.85. The average Bonchev–Trinajstić information content (AvgIpc) is 3.06. The number of nitrogens with zero attached hydrogens (tertiary/aromatic N) is 3. The standard InChI is InChI=1S/C24H30N3/c1-18(2)21-12-9-13-22(19(3)4)24(21)25-23(20-10-7-6-8-11-20)16-27-15-14-26(5)17-27/h6-15,17-19H,16H2,1-5H3/q+1. The van der Waals surface area contributed by atoms with Crippen LogP contribution in [-0.4, -0.2) is 10.3 Å². The molecule has 1 heterocycles. The molecule has 0 N–H and O–H groups in total. The Balaban J connectivity index is 2.16. The molecule has 0 bridgehead atoms. The van der Waals surface area contributed by atoms with Crippen molar-refractivity contribution in [2.45, 2.75) is 46.1 Å². The van der Waals surface area contributed by atoms with Crippen molar-refractivity contribution in [3.63, 3.8) is 0 Å². The second kappa shape index (κ2) is 8.34. The Kier molecular flexibility index (Phi) is 5.90. The van der Waals surface area contributed by atoms with Crippen LogP contribution in [0.1, 0.15) is 56.2 Å². The second-order valence-electron chi connectivity index (χ2n) is 7.77. The van der Waals surface area contributed by atoms with E-state index in [-0.39, 0.29) is 0 Å². The molecule has 0 aliphatic rings. The fraction of sp³-hybridized carbons (Fsp3) is 0.333. The van der Waals surface area contributed by atoms with Crippen LogP contribution in [0.25, 0.3) is 0 Å². The van der Waals surface area contributed by atoms with Gasteiger partial charge < -0.3 is 0 Å². The first kappa shape index (κ1) is 19.1. The van der Waals surface area contributed by atoms with Crippen LogP contribution in [0, 0.1) is 0 Å². The van der Waals surface area contributed by atoms with Crippen LogP contribution in [0.5, 0.6) is 0 Å². The summed E-state index contributed by atoms with van der Waals surface area (Å²) in [5.41, 5.74) is 6.02. The minimum atomic E-state index is 0.434. The van der Waals surface area contributed by atoms with Gasteiger partial charge in [0.2, 0.25) is 6.33 Å². The Morgan fingerprint density at radius 2 is 1.56 bits per heavy atom. The Bertz CT molecular complexity index is 892. The fourth-order valence-electron chi connectivity index (χ4n) is 3.37. The lowest BCUT2D eigenvalue weighted by atomic mass is 9.92. The van der Waals surface area contributed by atoms with Gasteiger partial charge in [-0.25, -0.2) is 14.1 Å². The largest absolute Gasteiger partial charge is 0.248 e. The summed E-state index contributed by atoms with van der Waals surface area (Å²) in [6, 6.07) is 17.1. The van der Waals surface area contributed by atoms with Crippen LogP contribution >= 0.6 is 0 Å². The molecular formula is C24H30N3+. The number of aromatic nitrogens is 2. The molecule has 0 saturated carbocycles. The van der Waals surface area contributed by atoms with Crippen molar-refractivity contribution in [3.05, 3.63) is 83.9 Å². The third kappa shape index (κ3) is 4.54. The van der Waals surface area contributed by atoms with E-state index in [1.165, 1.54) is 16.7 Å². The Hall–Kier alpha value is -2.68. The van der Waals surface area contributed by atoms with Gasteiger partial charge in [0.15, 0.2) is 0 Å². The van der Waals surface area contributed by atoms with Gasteiger partial charge >= 0.3 is 0 Å². The van der Waals surface area contributed by atoms with Crippen LogP contribution in [0.4, 0.5) is 5.69 Å². The summed E-state index contributed by atoms with van der Waals surface area (Å²) in [5.74, 6) is 0.868. The minimum Gasteiger partial charge on any atom is -0.248 e. The van der Waals surface area contributed by atoms with Crippen molar-refractivity contribution in [1.29, 1.82) is 0 Å². The van der Waals surface area contributed by atoms with Gasteiger partial charge in [-0.3, -0.25) is 0 Å². The lowest BCUT2D eigenvalue weighted by Gasteiger charge is -2.17. The SMILES string of the molecule is CC(C)c1cccc(C(C)C)c1N=C(Cn1cc[n+](C)c1)c1ccccc1. The molecule has 3 rings (SSSR count). The van der Waals surface area contributed by atoms with Crippen LogP contribution in [-0.2, 0) is 13.6 Å². The number of rotatable bonds is 6. The normalized spacial score (nSPS) is 12.2. The van der Waals surface area contributed by atoms with Gasteiger partial charge in [-0.1, -0.05) is 76.2 Å². The summed E-state index contributed by atoms with van der Waals surface area (Å²) in [5, 5.41) is 0. The molecule has 0 fully saturated rings. The highest BCUT2D eigenvalue weighted by Gasteiger charge is 2.16. The van der Waals surface area contributed by atoms with Crippen molar-refractivity contribution >= 4 is 11.4 Å². The van der Waals surface area contributed by atoms with Gasteiger partial charge in [-0.05, 0) is 23.0 Å². The quantitative estimate of drug-likeness (QED) is 0.416. The molecule has 0 amide bonds. The molecule has 2 aromatic carbocycles. The first-order valence-corrected chi connectivity index (χ1v) is 9.72. The maximum absolute atomic E-state index is 5.26. The fourth-order valence-corrected chi connectivity index (χ4v) is 3.37. The van der Waals surface area contributed by atoms with E-state index in [0.717, 1.165) is 17.9 Å². The summed E-state index contributed by atoms with van der Waals surface area (Å²) in [6.45, 7) is 9.72. The van der Waals surface area contributed by atoms with Crippen LogP contribution in [0.15, 0.2) is 72.2 Å². The van der Waals surface area contributed by atoms with Crippen molar-refractivity contribution < 1.29 is 4.57 Å². The number of imidazole rings is 1. The molecule has 0 spiro atoms. The number of hydrogen-bond acceptors (Lipinski definition) is 1. The van der Waals surface area contributed by atoms with Gasteiger partial charge in [0, 0.05) is 5.56 Å². The van der Waals surface area contributed by atoms with E-state index in [1.807, 2.05) is 7.05 Å². The van der Waals surface area contributed by atoms with E-state index in [4.69, 9.17) is 4.99 Å². The van der Waals surface area contributed by atoms with E-state index in [0.29, 0.717) is 11.8 Å². The number of benzene rings is 2. The predicted octanol–water partition coefficient (Wildman–Crippen LogP) is 5.38. The minimum absolute atomic E-state index is 0.434. The zero-order chi connectivity index (χ0) is 19.4. The van der Waals surface area contributed by atoms with Gasteiger partial charge in [0.25, 0.3) is 0 Å². The topological polar surface area (TPSA) is 21.2 Å². The number of para-hydroxylation sites is 1. The van der Waals surface area contributed by atoms with E-state index in [2.05, 4.69) is 104 Å². The molecule has 0 saturated heterocycles. The molecule has 0 aliphatic heterocycles. The predicted molar refractivity (Wildman–Crippen MR) is 113 cm³/mol. The second-order valence-corrected chi connectivity index (χ2v) is 7.77. The van der Waals surface area contributed by atoms with Crippen molar-refractivity contribution in [1.82, 2.24) is 4.57 Å². The highest BCUT2D eigenvalue weighted by atomic mass is 15.1. The lowest BCUT2D eigenvalue weighted by Crippen LogP contribution is -2.24. The molecule has 140 valence electrons. The highest BCUT2D eigenvalue weighted by molar-refractivity contribution is 6.02. The summed E-state index contributed by atoms with van der Waals surface area (Å²) in [4.78, 5) is 5.26. The molecule has 3 nitrogen and oxygen atoms in total. The summed E-state index contributed by atoms with van der Waals surface area (Å²) >= 11 is 0. The molecule has 0 unspecified atom stereocenters. The lowest BCUT2D eigenvalue weighted by molar-refractivity contribution is -0.671. The van der Waals surface area contributed by atoms with E-state index >= 15 is 0 Å². The molecule has 3 heteroatoms. The number of hydrogen-bond donors (Lipinski definition) is 0. The molecule has 0 atom stereocenters. The summed E-state index contributed by atoms with van der Waals surface area (Å²) in [6.07, 6.45) is 6.25. The maximum Gasteiger partial charge on any atom is 0.243 e. The van der Waals surface area contributed by atoms with Crippen molar-refractivity contribution in [2.75, 3.05) is 0 Å². The smallest absolute Gasteiger partial charge is 0.243 e.